The van der Waals surface area contributed by atoms with E-state index >= 15 is 0 Å². The van der Waals surface area contributed by atoms with Crippen LogP contribution in [-0.2, 0) is 9.53 Å². The van der Waals surface area contributed by atoms with Crippen molar-refractivity contribution < 1.29 is 19.4 Å². The van der Waals surface area contributed by atoms with E-state index in [0.717, 1.165) is 25.9 Å². The second-order valence-corrected chi connectivity index (χ2v) is 6.72. The summed E-state index contributed by atoms with van der Waals surface area (Å²) in [5, 5.41) is 15.0. The van der Waals surface area contributed by atoms with Crippen LogP contribution in [0, 0.1) is 0 Å². The molecule has 0 unspecified atom stereocenters. The van der Waals surface area contributed by atoms with Gasteiger partial charge in [-0.25, -0.2) is 4.79 Å². The predicted octanol–water partition coefficient (Wildman–Crippen LogP) is 0.781. The summed E-state index contributed by atoms with van der Waals surface area (Å²) in [6.45, 7) is 5.17. The van der Waals surface area contributed by atoms with Crippen molar-refractivity contribution in [1.82, 2.24) is 15.5 Å². The summed E-state index contributed by atoms with van der Waals surface area (Å²) in [6, 6.07) is -0.680. The van der Waals surface area contributed by atoms with Gasteiger partial charge in [0.25, 0.3) is 0 Å². The van der Waals surface area contributed by atoms with Crippen LogP contribution in [0.4, 0.5) is 4.79 Å². The molecule has 7 nitrogen and oxygen atoms in total. The zero-order valence-electron chi connectivity index (χ0n) is 14.5. The van der Waals surface area contributed by atoms with Crippen molar-refractivity contribution in [2.45, 2.75) is 63.8 Å². The first-order valence-electron chi connectivity index (χ1n) is 8.79. The third-order valence-corrected chi connectivity index (χ3v) is 4.27. The molecule has 2 aliphatic heterocycles. The van der Waals surface area contributed by atoms with Gasteiger partial charge in [-0.05, 0) is 33.1 Å². The van der Waals surface area contributed by atoms with Crippen molar-refractivity contribution >= 4 is 11.9 Å². The summed E-state index contributed by atoms with van der Waals surface area (Å²) in [4.78, 5) is 26.0. The van der Waals surface area contributed by atoms with E-state index in [9.17, 15) is 14.7 Å². The molecule has 7 heteroatoms. The van der Waals surface area contributed by atoms with Crippen LogP contribution < -0.4 is 10.6 Å². The molecule has 136 valence electrons. The van der Waals surface area contributed by atoms with Gasteiger partial charge in [-0.3, -0.25) is 4.79 Å². The van der Waals surface area contributed by atoms with E-state index < -0.39 is 12.1 Å². The molecular formula is C17H29N3O4. The van der Waals surface area contributed by atoms with E-state index in [1.54, 1.807) is 12.2 Å². The van der Waals surface area contributed by atoms with Crippen molar-refractivity contribution in [3.8, 4) is 0 Å². The number of piperidine rings is 1. The highest BCUT2D eigenvalue weighted by molar-refractivity contribution is 5.77. The molecule has 0 aromatic carbocycles. The number of nitrogens with zero attached hydrogens (tertiary/aromatic N) is 1. The number of aliphatic hydroxyl groups is 1. The minimum atomic E-state index is -0.549. The van der Waals surface area contributed by atoms with Crippen molar-refractivity contribution in [1.29, 1.82) is 0 Å². The fraction of sp³-hybridized carbons (Fsp3) is 0.765. The summed E-state index contributed by atoms with van der Waals surface area (Å²) in [5.41, 5.74) is 0. The number of ether oxygens (including phenoxy) is 1. The van der Waals surface area contributed by atoms with Crippen LogP contribution in [0.1, 0.15) is 39.5 Å². The van der Waals surface area contributed by atoms with E-state index in [0.29, 0.717) is 0 Å². The first-order chi connectivity index (χ1) is 11.5. The van der Waals surface area contributed by atoms with Gasteiger partial charge < -0.3 is 25.4 Å². The number of likely N-dealkylation sites (tertiary alicyclic amines) is 1. The average Bonchev–Trinajstić information content (AvgIpc) is 2.56. The van der Waals surface area contributed by atoms with Crippen LogP contribution in [0.3, 0.4) is 0 Å². The SMILES string of the molecule is CC(C)NC(=O)N[C@H]1C=C[C@@H](CC(=O)N2CCCCC2)O[C@H]1CO. The largest absolute Gasteiger partial charge is 0.394 e. The van der Waals surface area contributed by atoms with Gasteiger partial charge in [0.15, 0.2) is 0 Å². The molecule has 0 radical (unpaired) electrons. The molecule has 3 atom stereocenters. The number of carbonyl (C=O) groups excluding carboxylic acids is 2. The fourth-order valence-corrected chi connectivity index (χ4v) is 3.04. The Morgan fingerprint density at radius 1 is 1.25 bits per heavy atom. The summed E-state index contributed by atoms with van der Waals surface area (Å²) in [5.74, 6) is 0.0880. The molecule has 3 N–H and O–H groups in total. The predicted molar refractivity (Wildman–Crippen MR) is 90.5 cm³/mol. The normalized spacial score (nSPS) is 27.2. The monoisotopic (exact) mass is 339 g/mol. The number of hydrogen-bond donors (Lipinski definition) is 3. The van der Waals surface area contributed by atoms with Crippen LogP contribution in [0.5, 0.6) is 0 Å². The van der Waals surface area contributed by atoms with Gasteiger partial charge in [-0.1, -0.05) is 12.2 Å². The Morgan fingerprint density at radius 2 is 1.96 bits per heavy atom. The summed E-state index contributed by atoms with van der Waals surface area (Å²) >= 11 is 0. The van der Waals surface area contributed by atoms with E-state index in [-0.39, 0.29) is 37.1 Å². The molecule has 2 rings (SSSR count). The molecule has 1 fully saturated rings. The second-order valence-electron chi connectivity index (χ2n) is 6.72. The lowest BCUT2D eigenvalue weighted by Gasteiger charge is -2.33. The maximum Gasteiger partial charge on any atom is 0.315 e. The van der Waals surface area contributed by atoms with Crippen LogP contribution in [0.15, 0.2) is 12.2 Å². The maximum atomic E-state index is 12.3. The third-order valence-electron chi connectivity index (χ3n) is 4.27. The standard InChI is InChI=1S/C17H29N3O4/c1-12(2)18-17(23)19-14-7-6-13(24-15(14)11-21)10-16(22)20-8-4-3-5-9-20/h6-7,12-15,21H,3-5,8-11H2,1-2H3,(H2,18,19,23)/t13-,14-,15-/m0/s1. The summed E-state index contributed by atoms with van der Waals surface area (Å²) in [7, 11) is 0. The zero-order chi connectivity index (χ0) is 17.5. The maximum absolute atomic E-state index is 12.3. The molecule has 0 saturated carbocycles. The Balaban J connectivity index is 1.87. The number of nitrogens with one attached hydrogen (secondary N) is 2. The Bertz CT molecular complexity index is 461. The molecule has 0 spiro atoms. The van der Waals surface area contributed by atoms with Crippen molar-refractivity contribution in [3.05, 3.63) is 12.2 Å². The van der Waals surface area contributed by atoms with Gasteiger partial charge in [-0.15, -0.1) is 0 Å². The summed E-state index contributed by atoms with van der Waals surface area (Å²) in [6.07, 6.45) is 6.27. The number of rotatable bonds is 5. The lowest BCUT2D eigenvalue weighted by atomic mass is 10.0. The molecule has 0 aliphatic carbocycles. The van der Waals surface area contributed by atoms with Gasteiger partial charge in [0.2, 0.25) is 5.91 Å². The molecular weight excluding hydrogens is 310 g/mol. The van der Waals surface area contributed by atoms with Gasteiger partial charge in [-0.2, -0.15) is 0 Å². The first kappa shape index (κ1) is 18.7. The highest BCUT2D eigenvalue weighted by atomic mass is 16.5. The van der Waals surface area contributed by atoms with Crippen molar-refractivity contribution in [2.24, 2.45) is 0 Å². The van der Waals surface area contributed by atoms with Gasteiger partial charge >= 0.3 is 6.03 Å². The number of amides is 3. The number of carbonyl (C=O) groups is 2. The van der Waals surface area contributed by atoms with Crippen LogP contribution in [0.25, 0.3) is 0 Å². The minimum Gasteiger partial charge on any atom is -0.394 e. The molecule has 0 aromatic rings. The highest BCUT2D eigenvalue weighted by Crippen LogP contribution is 2.18. The summed E-state index contributed by atoms with van der Waals surface area (Å²) < 4.78 is 5.79. The molecule has 3 amide bonds. The van der Waals surface area contributed by atoms with Gasteiger partial charge in [0.05, 0.1) is 25.2 Å². The van der Waals surface area contributed by atoms with Gasteiger partial charge in [0.1, 0.15) is 6.10 Å². The first-order valence-corrected chi connectivity index (χ1v) is 8.79. The topological polar surface area (TPSA) is 90.9 Å². The van der Waals surface area contributed by atoms with Crippen LogP contribution >= 0.6 is 0 Å². The van der Waals surface area contributed by atoms with Crippen molar-refractivity contribution in [2.75, 3.05) is 19.7 Å². The molecule has 24 heavy (non-hydrogen) atoms. The molecule has 2 heterocycles. The number of hydrogen-bond acceptors (Lipinski definition) is 4. The number of urea groups is 1. The molecule has 1 saturated heterocycles. The lowest BCUT2D eigenvalue weighted by molar-refractivity contribution is -0.136. The molecule has 0 bridgehead atoms. The van der Waals surface area contributed by atoms with E-state index in [1.165, 1.54) is 6.42 Å². The fourth-order valence-electron chi connectivity index (χ4n) is 3.04. The Morgan fingerprint density at radius 3 is 2.58 bits per heavy atom. The third kappa shape index (κ3) is 5.49. The van der Waals surface area contributed by atoms with E-state index in [1.807, 2.05) is 18.7 Å². The van der Waals surface area contributed by atoms with Crippen molar-refractivity contribution in [3.63, 3.8) is 0 Å². The highest BCUT2D eigenvalue weighted by Gasteiger charge is 2.30. The average molecular weight is 339 g/mol. The van der Waals surface area contributed by atoms with Gasteiger partial charge in [0, 0.05) is 19.1 Å². The van der Waals surface area contributed by atoms with Crippen LogP contribution in [0.2, 0.25) is 0 Å². The van der Waals surface area contributed by atoms with Crippen LogP contribution in [-0.4, -0.2) is 65.9 Å². The minimum absolute atomic E-state index is 0.0287. The Hall–Kier alpha value is -1.60. The quantitative estimate of drug-likeness (QED) is 0.646. The molecule has 2 aliphatic rings. The molecule has 0 aromatic heterocycles. The second kappa shape index (κ2) is 9.03. The Kier molecular flexibility index (Phi) is 7.05. The van der Waals surface area contributed by atoms with E-state index in [2.05, 4.69) is 10.6 Å². The zero-order valence-corrected chi connectivity index (χ0v) is 14.5. The van der Waals surface area contributed by atoms with E-state index in [4.69, 9.17) is 4.74 Å². The smallest absolute Gasteiger partial charge is 0.315 e. The Labute approximate surface area is 143 Å². The lowest BCUT2D eigenvalue weighted by Crippen LogP contribution is -2.52. The number of aliphatic hydroxyl groups excluding tert-OH is 1.